The predicted octanol–water partition coefficient (Wildman–Crippen LogP) is 3.87. The number of hydrogen-bond donors (Lipinski definition) is 1. The van der Waals surface area contributed by atoms with Crippen LogP contribution in [0, 0.1) is 0 Å². The molecular weight excluding hydrogens is 392 g/mol. The molecule has 0 unspecified atom stereocenters. The molecule has 2 N–H and O–H groups in total. The van der Waals surface area contributed by atoms with Crippen molar-refractivity contribution < 1.29 is 14.3 Å². The van der Waals surface area contributed by atoms with E-state index in [2.05, 4.69) is 9.97 Å². The maximum atomic E-state index is 12.2. The van der Waals surface area contributed by atoms with Gasteiger partial charge in [-0.2, -0.15) is 0 Å². The molecule has 0 bridgehead atoms. The summed E-state index contributed by atoms with van der Waals surface area (Å²) < 4.78 is 11.1. The first-order chi connectivity index (χ1) is 14.7. The van der Waals surface area contributed by atoms with Gasteiger partial charge in [-0.05, 0) is 56.8 Å². The molecule has 162 valence electrons. The van der Waals surface area contributed by atoms with E-state index in [1.807, 2.05) is 46.8 Å². The molecule has 0 aliphatic carbocycles. The highest BCUT2D eigenvalue weighted by Crippen LogP contribution is 2.33. The summed E-state index contributed by atoms with van der Waals surface area (Å²) in [4.78, 5) is 26.0. The first-order valence-electron chi connectivity index (χ1n) is 10.6. The number of cyclic esters (lactones) is 1. The number of fused-ring (bicyclic) bond motifs is 2. The van der Waals surface area contributed by atoms with Gasteiger partial charge in [0.25, 0.3) is 0 Å². The molecule has 0 saturated heterocycles. The molecule has 0 spiro atoms. The Balaban J connectivity index is 1.75. The predicted molar refractivity (Wildman–Crippen MR) is 118 cm³/mol. The van der Waals surface area contributed by atoms with E-state index >= 15 is 0 Å². The number of ether oxygens (including phenoxy) is 2. The molecule has 7 heteroatoms. The van der Waals surface area contributed by atoms with Crippen LogP contribution in [0.5, 0.6) is 5.88 Å². The van der Waals surface area contributed by atoms with Crippen molar-refractivity contribution in [3.05, 3.63) is 58.8 Å². The lowest BCUT2D eigenvalue weighted by Gasteiger charge is -2.27. The molecule has 7 nitrogen and oxygen atoms in total. The first kappa shape index (κ1) is 21.2. The zero-order valence-corrected chi connectivity index (χ0v) is 18.6. The van der Waals surface area contributed by atoms with E-state index in [1.54, 1.807) is 18.5 Å². The second kappa shape index (κ2) is 7.89. The number of aromatic nitrogens is 3. The minimum absolute atomic E-state index is 0.0432. The highest BCUT2D eigenvalue weighted by atomic mass is 16.5. The van der Waals surface area contributed by atoms with Crippen molar-refractivity contribution in [2.45, 2.75) is 58.6 Å². The smallest absolute Gasteiger partial charge is 0.340 e. The number of rotatable bonds is 5. The summed E-state index contributed by atoms with van der Waals surface area (Å²) >= 11 is 0. The van der Waals surface area contributed by atoms with E-state index in [-0.39, 0.29) is 18.0 Å². The van der Waals surface area contributed by atoms with Crippen molar-refractivity contribution in [3.63, 3.8) is 0 Å². The zero-order valence-electron chi connectivity index (χ0n) is 18.6. The van der Waals surface area contributed by atoms with E-state index in [1.165, 1.54) is 0 Å². The van der Waals surface area contributed by atoms with Gasteiger partial charge in [-0.1, -0.05) is 6.92 Å². The topological polar surface area (TPSA) is 100 Å². The Kier molecular flexibility index (Phi) is 5.39. The number of carbonyl (C=O) groups excluding carboxylic acids is 1. The van der Waals surface area contributed by atoms with Gasteiger partial charge in [0.2, 0.25) is 5.88 Å². The molecule has 0 saturated carbocycles. The summed E-state index contributed by atoms with van der Waals surface area (Å²) in [6.45, 7) is 10.3. The number of nitrogens with two attached hydrogens (primary N) is 1. The van der Waals surface area contributed by atoms with Crippen LogP contribution in [0.4, 0.5) is 0 Å². The monoisotopic (exact) mass is 420 g/mol. The quantitative estimate of drug-likeness (QED) is 0.625. The molecule has 3 aromatic heterocycles. The molecule has 0 radical (unpaired) electrons. The van der Waals surface area contributed by atoms with E-state index in [9.17, 15) is 4.79 Å². The average Bonchev–Trinajstić information content (AvgIpc) is 2.71. The van der Waals surface area contributed by atoms with Gasteiger partial charge in [-0.25, -0.2) is 9.78 Å². The third-order valence-electron chi connectivity index (χ3n) is 5.76. The Morgan fingerprint density at radius 2 is 1.90 bits per heavy atom. The van der Waals surface area contributed by atoms with Gasteiger partial charge >= 0.3 is 5.97 Å². The average molecular weight is 421 g/mol. The van der Waals surface area contributed by atoms with Crippen molar-refractivity contribution >= 4 is 16.7 Å². The van der Waals surface area contributed by atoms with Crippen molar-refractivity contribution in [3.8, 4) is 5.88 Å². The molecule has 31 heavy (non-hydrogen) atoms. The van der Waals surface area contributed by atoms with Crippen LogP contribution >= 0.6 is 0 Å². The lowest BCUT2D eigenvalue weighted by atomic mass is 9.92. The number of carbonyl (C=O) groups is 1. The Morgan fingerprint density at radius 1 is 1.13 bits per heavy atom. The fourth-order valence-electron chi connectivity index (χ4n) is 3.89. The minimum atomic E-state index is -0.565. The molecule has 2 atom stereocenters. The zero-order chi connectivity index (χ0) is 22.3. The van der Waals surface area contributed by atoms with Crippen LogP contribution in [0.1, 0.15) is 73.5 Å². The van der Waals surface area contributed by atoms with Crippen molar-refractivity contribution in [2.24, 2.45) is 5.73 Å². The molecule has 0 fully saturated rings. The van der Waals surface area contributed by atoms with Crippen LogP contribution in [-0.4, -0.2) is 33.6 Å². The normalized spacial score (nSPS) is 18.6. The van der Waals surface area contributed by atoms with Crippen LogP contribution in [0.15, 0.2) is 30.6 Å². The molecule has 1 aliphatic heterocycles. The van der Waals surface area contributed by atoms with Gasteiger partial charge in [-0.3, -0.25) is 9.97 Å². The number of pyridine rings is 3. The summed E-state index contributed by atoms with van der Waals surface area (Å²) in [5, 5.41) is 1.81. The summed E-state index contributed by atoms with van der Waals surface area (Å²) in [7, 11) is 0. The lowest BCUT2D eigenvalue weighted by Crippen LogP contribution is -2.29. The largest absolute Gasteiger partial charge is 0.477 e. The lowest BCUT2D eigenvalue weighted by molar-refractivity contribution is 0.0234. The van der Waals surface area contributed by atoms with E-state index < -0.39 is 5.54 Å². The fourth-order valence-corrected chi connectivity index (χ4v) is 3.89. The van der Waals surface area contributed by atoms with Gasteiger partial charge in [0, 0.05) is 41.7 Å². The second-order valence-corrected chi connectivity index (χ2v) is 8.66. The van der Waals surface area contributed by atoms with E-state index in [4.69, 9.17) is 20.2 Å². The van der Waals surface area contributed by atoms with Crippen molar-refractivity contribution in [1.82, 2.24) is 15.0 Å². The van der Waals surface area contributed by atoms with E-state index in [0.717, 1.165) is 33.4 Å². The second-order valence-electron chi connectivity index (χ2n) is 8.66. The van der Waals surface area contributed by atoms with Gasteiger partial charge in [-0.15, -0.1) is 0 Å². The molecule has 1 aliphatic rings. The highest BCUT2D eigenvalue weighted by molar-refractivity contribution is 5.92. The van der Waals surface area contributed by atoms with Crippen LogP contribution in [-0.2, 0) is 16.7 Å². The van der Waals surface area contributed by atoms with Gasteiger partial charge in [0.1, 0.15) is 6.10 Å². The third-order valence-corrected chi connectivity index (χ3v) is 5.76. The number of esters is 1. The maximum absolute atomic E-state index is 12.2. The van der Waals surface area contributed by atoms with Crippen LogP contribution < -0.4 is 10.5 Å². The number of nitrogens with zero attached hydrogens (tertiary/aromatic N) is 3. The molecule has 0 aromatic carbocycles. The van der Waals surface area contributed by atoms with Gasteiger partial charge < -0.3 is 15.2 Å². The van der Waals surface area contributed by atoms with E-state index in [0.29, 0.717) is 24.5 Å². The standard InChI is InChI=1S/C24H28N4O3/c1-6-30-22-19-11-26-16(10-18(19)20(12-27-22)24(4,5)25)9-15-7-8-17-21(28-15)13(2)14(3)31-23(17)29/h7-8,10-14H,6,9,25H2,1-5H3/t13-,14-/m1/s1. The SMILES string of the molecule is CCOc1ncc(C(C)(C)N)c2cc(Cc3ccc4c(n3)[C@H](C)[C@@H](C)OC4=O)ncc12. The molecule has 3 aromatic rings. The van der Waals surface area contributed by atoms with Gasteiger partial charge in [0.05, 0.1) is 23.3 Å². The maximum Gasteiger partial charge on any atom is 0.340 e. The minimum Gasteiger partial charge on any atom is -0.477 e. The van der Waals surface area contributed by atoms with Crippen molar-refractivity contribution in [1.29, 1.82) is 0 Å². The Morgan fingerprint density at radius 3 is 2.61 bits per heavy atom. The Hall–Kier alpha value is -3.06. The third kappa shape index (κ3) is 3.97. The van der Waals surface area contributed by atoms with Crippen LogP contribution in [0.25, 0.3) is 10.8 Å². The summed E-state index contributed by atoms with van der Waals surface area (Å²) in [5.41, 5.74) is 9.81. The summed E-state index contributed by atoms with van der Waals surface area (Å²) in [6, 6.07) is 5.69. The summed E-state index contributed by atoms with van der Waals surface area (Å²) in [6.07, 6.45) is 3.91. The Bertz CT molecular complexity index is 1150. The Labute approximate surface area is 182 Å². The van der Waals surface area contributed by atoms with Crippen LogP contribution in [0.3, 0.4) is 0 Å². The first-order valence-corrected chi connectivity index (χ1v) is 10.6. The molecule has 0 amide bonds. The fraction of sp³-hybridized carbons (Fsp3) is 0.417. The van der Waals surface area contributed by atoms with Crippen molar-refractivity contribution in [2.75, 3.05) is 6.61 Å². The highest BCUT2D eigenvalue weighted by Gasteiger charge is 2.31. The molecule has 4 heterocycles. The number of hydrogen-bond acceptors (Lipinski definition) is 7. The summed E-state index contributed by atoms with van der Waals surface area (Å²) in [5.74, 6) is 0.286. The van der Waals surface area contributed by atoms with Gasteiger partial charge in [0.15, 0.2) is 0 Å². The molecular formula is C24H28N4O3. The molecule has 4 rings (SSSR count). The van der Waals surface area contributed by atoms with Crippen LogP contribution in [0.2, 0.25) is 0 Å².